The maximum absolute atomic E-state index is 13.0. The number of hydrogen-bond donors (Lipinski definition) is 3. The number of fused-ring (bicyclic) bond motifs is 1. The molecule has 0 atom stereocenters. The largest absolute Gasteiger partial charge is 0.494 e. The summed E-state index contributed by atoms with van der Waals surface area (Å²) in [6, 6.07) is 21.1. The van der Waals surface area contributed by atoms with E-state index in [-0.39, 0.29) is 23.9 Å². The third kappa shape index (κ3) is 5.69. The number of piperazine rings is 1. The normalized spacial score (nSPS) is 16.4. The minimum atomic E-state index is -2.12. The van der Waals surface area contributed by atoms with Crippen molar-refractivity contribution < 1.29 is 23.9 Å². The second-order valence-corrected chi connectivity index (χ2v) is 9.47. The SMILES string of the molecule is [2H]C([2H])([2H])N1CCN(CC(=O)N(C)c2ccc(N=C(c3ccccc3)c3c(O)[nH]c4cc(C(=O)O)ccc34)cc2)CC1. The predicted molar refractivity (Wildman–Crippen MR) is 152 cm³/mol. The summed E-state index contributed by atoms with van der Waals surface area (Å²) in [7, 11) is 1.70. The summed E-state index contributed by atoms with van der Waals surface area (Å²) in [5.74, 6) is -1.30. The first kappa shape index (κ1) is 22.5. The first-order chi connectivity index (χ1) is 20.0. The Morgan fingerprint density at radius 2 is 1.72 bits per heavy atom. The summed E-state index contributed by atoms with van der Waals surface area (Å²) >= 11 is 0. The zero-order chi connectivity index (χ0) is 30.0. The maximum Gasteiger partial charge on any atom is 0.335 e. The number of rotatable bonds is 7. The molecule has 4 aromatic rings. The van der Waals surface area contributed by atoms with Crippen LogP contribution in [0.15, 0.2) is 77.8 Å². The number of aromatic amines is 1. The number of carboxylic acid groups (broad SMARTS) is 1. The van der Waals surface area contributed by atoms with Crippen molar-refractivity contribution in [1.29, 1.82) is 0 Å². The van der Waals surface area contributed by atoms with Crippen LogP contribution in [0.3, 0.4) is 0 Å². The van der Waals surface area contributed by atoms with Crippen LogP contribution in [0.2, 0.25) is 0 Å². The van der Waals surface area contributed by atoms with Gasteiger partial charge in [0.1, 0.15) is 0 Å². The van der Waals surface area contributed by atoms with Gasteiger partial charge in [0.25, 0.3) is 0 Å². The van der Waals surface area contributed by atoms with Crippen LogP contribution in [-0.2, 0) is 4.79 Å². The molecule has 2 heterocycles. The molecule has 9 heteroatoms. The van der Waals surface area contributed by atoms with Gasteiger partial charge in [0, 0.05) is 59.5 Å². The summed E-state index contributed by atoms with van der Waals surface area (Å²) in [4.78, 5) is 37.1. The summed E-state index contributed by atoms with van der Waals surface area (Å²) in [6.07, 6.45) is 0. The number of aromatic carboxylic acids is 1. The highest BCUT2D eigenvalue weighted by Gasteiger charge is 2.21. The number of benzene rings is 3. The average Bonchev–Trinajstić information content (AvgIpc) is 3.30. The lowest BCUT2D eigenvalue weighted by Gasteiger charge is -2.32. The zero-order valence-corrected chi connectivity index (χ0v) is 21.5. The smallest absolute Gasteiger partial charge is 0.335 e. The number of aliphatic imine (C=N–C) groups is 1. The van der Waals surface area contributed by atoms with E-state index in [2.05, 4.69) is 4.98 Å². The average molecular weight is 529 g/mol. The molecule has 1 saturated heterocycles. The number of H-pyrrole nitrogens is 1. The Morgan fingerprint density at radius 1 is 1.00 bits per heavy atom. The van der Waals surface area contributed by atoms with E-state index in [1.54, 1.807) is 42.3 Å². The Kier molecular flexibility index (Phi) is 6.41. The first-order valence-electron chi connectivity index (χ1n) is 14.1. The van der Waals surface area contributed by atoms with E-state index < -0.39 is 12.9 Å². The van der Waals surface area contributed by atoms with Crippen LogP contribution < -0.4 is 4.90 Å². The topological polar surface area (TPSA) is 112 Å². The minimum Gasteiger partial charge on any atom is -0.494 e. The number of aromatic hydroxyl groups is 1. The van der Waals surface area contributed by atoms with E-state index in [0.29, 0.717) is 59.7 Å². The van der Waals surface area contributed by atoms with Gasteiger partial charge >= 0.3 is 5.97 Å². The number of anilines is 1. The van der Waals surface area contributed by atoms with Gasteiger partial charge in [-0.3, -0.25) is 9.69 Å². The number of hydrogen-bond acceptors (Lipinski definition) is 6. The fourth-order valence-corrected chi connectivity index (χ4v) is 4.64. The lowest BCUT2D eigenvalue weighted by molar-refractivity contribution is -0.119. The highest BCUT2D eigenvalue weighted by Crippen LogP contribution is 2.32. The van der Waals surface area contributed by atoms with E-state index in [1.807, 2.05) is 35.2 Å². The second kappa shape index (κ2) is 11.1. The van der Waals surface area contributed by atoms with Gasteiger partial charge in [0.2, 0.25) is 5.91 Å². The highest BCUT2D eigenvalue weighted by molar-refractivity contribution is 6.22. The third-order valence-electron chi connectivity index (χ3n) is 6.89. The number of carboxylic acids is 1. The van der Waals surface area contributed by atoms with Crippen LogP contribution in [0, 0.1) is 0 Å². The molecule has 1 aliphatic heterocycles. The van der Waals surface area contributed by atoms with Crippen molar-refractivity contribution in [3.63, 3.8) is 0 Å². The fraction of sp³-hybridized carbons (Fsp3) is 0.233. The summed E-state index contributed by atoms with van der Waals surface area (Å²) < 4.78 is 22.7. The Balaban J connectivity index is 1.38. The number of likely N-dealkylation sites (N-methyl/N-ethyl adjacent to an activating group) is 2. The monoisotopic (exact) mass is 528 g/mol. The molecular formula is C30H31N5O4. The molecule has 0 unspecified atom stereocenters. The van der Waals surface area contributed by atoms with Crippen molar-refractivity contribution in [2.45, 2.75) is 0 Å². The van der Waals surface area contributed by atoms with Crippen molar-refractivity contribution in [2.24, 2.45) is 4.99 Å². The van der Waals surface area contributed by atoms with Gasteiger partial charge in [-0.1, -0.05) is 36.4 Å². The standard InChI is InChI=1S/C30H31N5O4/c1-33-14-16-35(17-15-33)19-26(36)34(2)23-11-9-22(10-12-23)31-28(20-6-4-3-5-7-20)27-24-13-8-21(30(38)39)18-25(24)32-29(27)37/h3-13,18,32,37H,14-17,19H2,1-2H3,(H,38,39)/i1D3. The van der Waals surface area contributed by atoms with Gasteiger partial charge in [0.15, 0.2) is 5.88 Å². The highest BCUT2D eigenvalue weighted by atomic mass is 16.4. The van der Waals surface area contributed by atoms with E-state index in [0.717, 1.165) is 5.56 Å². The summed E-state index contributed by atoms with van der Waals surface area (Å²) in [6.45, 7) is -0.146. The molecule has 3 aromatic carbocycles. The van der Waals surface area contributed by atoms with E-state index in [4.69, 9.17) is 9.10 Å². The lowest BCUT2D eigenvalue weighted by atomic mass is 10.00. The summed E-state index contributed by atoms with van der Waals surface area (Å²) in [5, 5.41) is 20.9. The molecular weight excluding hydrogens is 494 g/mol. The van der Waals surface area contributed by atoms with Gasteiger partial charge < -0.3 is 25.0 Å². The molecule has 1 fully saturated rings. The van der Waals surface area contributed by atoms with Crippen LogP contribution in [0.5, 0.6) is 5.88 Å². The Morgan fingerprint density at radius 3 is 2.38 bits per heavy atom. The van der Waals surface area contributed by atoms with Crippen molar-refractivity contribution in [2.75, 3.05) is 51.6 Å². The number of aromatic nitrogens is 1. The number of nitrogens with zero attached hydrogens (tertiary/aromatic N) is 4. The quantitative estimate of drug-likeness (QED) is 0.313. The lowest BCUT2D eigenvalue weighted by Crippen LogP contribution is -2.48. The van der Waals surface area contributed by atoms with Gasteiger partial charge in [-0.05, 0) is 43.4 Å². The molecule has 0 aliphatic carbocycles. The molecule has 0 radical (unpaired) electrons. The molecule has 0 spiro atoms. The minimum absolute atomic E-state index is 0.0978. The number of carbonyl (C=O) groups is 2. The van der Waals surface area contributed by atoms with Gasteiger partial charge in [-0.15, -0.1) is 0 Å². The second-order valence-electron chi connectivity index (χ2n) is 9.47. The van der Waals surface area contributed by atoms with E-state index in [1.165, 1.54) is 17.0 Å². The fourth-order valence-electron chi connectivity index (χ4n) is 4.64. The molecule has 200 valence electrons. The Labute approximate surface area is 230 Å². The molecule has 0 saturated carbocycles. The predicted octanol–water partition coefficient (Wildman–Crippen LogP) is 3.95. The van der Waals surface area contributed by atoms with Gasteiger partial charge in [-0.2, -0.15) is 0 Å². The Hall–Kier alpha value is -4.47. The molecule has 1 aromatic heterocycles. The van der Waals surface area contributed by atoms with Gasteiger partial charge in [0.05, 0.1) is 29.1 Å². The molecule has 3 N–H and O–H groups in total. The van der Waals surface area contributed by atoms with Crippen molar-refractivity contribution >= 4 is 39.9 Å². The Bertz CT molecular complexity index is 1630. The van der Waals surface area contributed by atoms with Crippen LogP contribution in [0.25, 0.3) is 10.9 Å². The molecule has 1 amide bonds. The number of carbonyl (C=O) groups excluding carboxylic acids is 1. The molecule has 5 rings (SSSR count). The van der Waals surface area contributed by atoms with Crippen LogP contribution in [0.1, 0.15) is 25.6 Å². The van der Waals surface area contributed by atoms with Crippen LogP contribution in [-0.4, -0.2) is 89.3 Å². The maximum atomic E-state index is 13.0. The van der Waals surface area contributed by atoms with Crippen LogP contribution in [0.4, 0.5) is 11.4 Å². The summed E-state index contributed by atoms with van der Waals surface area (Å²) in [5.41, 5.74) is 3.54. The third-order valence-corrected chi connectivity index (χ3v) is 6.89. The van der Waals surface area contributed by atoms with E-state index >= 15 is 0 Å². The molecule has 1 aliphatic rings. The molecule has 9 nitrogen and oxygen atoms in total. The number of nitrogens with one attached hydrogen (secondary N) is 1. The zero-order valence-electron chi connectivity index (χ0n) is 24.5. The van der Waals surface area contributed by atoms with Crippen LogP contribution >= 0.6 is 0 Å². The van der Waals surface area contributed by atoms with Gasteiger partial charge in [-0.25, -0.2) is 9.79 Å². The number of amides is 1. The van der Waals surface area contributed by atoms with Crippen molar-refractivity contribution in [1.82, 2.24) is 14.8 Å². The molecule has 0 bridgehead atoms. The first-order valence-corrected chi connectivity index (χ1v) is 12.6. The van der Waals surface area contributed by atoms with Crippen molar-refractivity contribution in [3.05, 3.63) is 89.5 Å². The van der Waals surface area contributed by atoms with E-state index in [9.17, 15) is 19.8 Å². The molecule has 39 heavy (non-hydrogen) atoms. The van der Waals surface area contributed by atoms with Crippen molar-refractivity contribution in [3.8, 4) is 5.88 Å².